The van der Waals surface area contributed by atoms with Crippen LogP contribution >= 0.6 is 0 Å². The Balaban J connectivity index is 1.87. The van der Waals surface area contributed by atoms with Crippen molar-refractivity contribution in [2.24, 2.45) is 0 Å². The summed E-state index contributed by atoms with van der Waals surface area (Å²) in [6.45, 7) is 2.01. The van der Waals surface area contributed by atoms with E-state index in [4.69, 9.17) is 0 Å². The Labute approximate surface area is 110 Å². The molecule has 3 aromatic rings. The molecule has 0 spiro atoms. The van der Waals surface area contributed by atoms with Gasteiger partial charge in [0.1, 0.15) is 5.65 Å². The molecule has 2 heterocycles. The molecule has 0 aliphatic heterocycles. The molecule has 2 aromatic heterocycles. The molecular weight excluding hydrogens is 238 g/mol. The van der Waals surface area contributed by atoms with Gasteiger partial charge in [-0.3, -0.25) is 4.79 Å². The molecule has 0 aliphatic carbocycles. The van der Waals surface area contributed by atoms with Crippen molar-refractivity contribution < 1.29 is 4.79 Å². The Morgan fingerprint density at radius 3 is 2.79 bits per heavy atom. The van der Waals surface area contributed by atoms with E-state index in [1.54, 1.807) is 18.3 Å². The molecule has 1 aromatic carbocycles. The van der Waals surface area contributed by atoms with Crippen LogP contribution in [0, 0.1) is 6.92 Å². The third-order valence-electron chi connectivity index (χ3n) is 2.89. The lowest BCUT2D eigenvalue weighted by Crippen LogP contribution is -2.11. The van der Waals surface area contributed by atoms with E-state index in [2.05, 4.69) is 10.3 Å². The maximum atomic E-state index is 12.0. The molecule has 4 nitrogen and oxygen atoms in total. The zero-order valence-corrected chi connectivity index (χ0v) is 10.5. The Kier molecular flexibility index (Phi) is 2.76. The standard InChI is InChI=1S/C15H13N3O/c1-11-7-8-18-10-13(16-14(18)9-11)17-15(19)12-5-3-2-4-6-12/h2-10H,1H3,(H,17,19). The Hall–Kier alpha value is -2.62. The summed E-state index contributed by atoms with van der Waals surface area (Å²) in [7, 11) is 0. The monoisotopic (exact) mass is 251 g/mol. The second-order valence-electron chi connectivity index (χ2n) is 4.42. The van der Waals surface area contributed by atoms with E-state index < -0.39 is 0 Å². The van der Waals surface area contributed by atoms with E-state index >= 15 is 0 Å². The van der Waals surface area contributed by atoms with Crippen molar-refractivity contribution in [3.05, 3.63) is 66.0 Å². The molecule has 1 amide bonds. The molecule has 0 saturated carbocycles. The number of hydrogen-bond donors (Lipinski definition) is 1. The fraction of sp³-hybridized carbons (Fsp3) is 0.0667. The summed E-state index contributed by atoms with van der Waals surface area (Å²) in [6.07, 6.45) is 3.73. The van der Waals surface area contributed by atoms with Gasteiger partial charge in [-0.05, 0) is 36.8 Å². The van der Waals surface area contributed by atoms with Crippen molar-refractivity contribution in [3.8, 4) is 0 Å². The van der Waals surface area contributed by atoms with Crippen LogP contribution in [-0.4, -0.2) is 15.3 Å². The van der Waals surface area contributed by atoms with Crippen molar-refractivity contribution in [2.75, 3.05) is 5.32 Å². The van der Waals surface area contributed by atoms with Gasteiger partial charge in [0.15, 0.2) is 5.82 Å². The highest BCUT2D eigenvalue weighted by Gasteiger charge is 2.08. The number of fused-ring (bicyclic) bond motifs is 1. The molecule has 0 saturated heterocycles. The van der Waals surface area contributed by atoms with Crippen LogP contribution in [0.15, 0.2) is 54.9 Å². The first kappa shape index (κ1) is 11.5. The first-order chi connectivity index (χ1) is 9.22. The molecule has 0 radical (unpaired) electrons. The van der Waals surface area contributed by atoms with Crippen molar-refractivity contribution in [3.63, 3.8) is 0 Å². The minimum atomic E-state index is -0.152. The van der Waals surface area contributed by atoms with Crippen LogP contribution in [0.2, 0.25) is 0 Å². The summed E-state index contributed by atoms with van der Waals surface area (Å²) < 4.78 is 1.88. The molecule has 0 aliphatic rings. The number of aromatic nitrogens is 2. The van der Waals surface area contributed by atoms with Crippen LogP contribution in [0.3, 0.4) is 0 Å². The number of rotatable bonds is 2. The van der Waals surface area contributed by atoms with Crippen LogP contribution in [0.5, 0.6) is 0 Å². The van der Waals surface area contributed by atoms with E-state index in [0.29, 0.717) is 11.4 Å². The number of carbonyl (C=O) groups excluding carboxylic acids is 1. The predicted molar refractivity (Wildman–Crippen MR) is 74.3 cm³/mol. The molecule has 1 N–H and O–H groups in total. The number of amides is 1. The first-order valence-corrected chi connectivity index (χ1v) is 6.04. The van der Waals surface area contributed by atoms with Gasteiger partial charge < -0.3 is 9.72 Å². The van der Waals surface area contributed by atoms with Gasteiger partial charge >= 0.3 is 0 Å². The van der Waals surface area contributed by atoms with E-state index in [1.165, 1.54) is 0 Å². The quantitative estimate of drug-likeness (QED) is 0.761. The number of carbonyl (C=O) groups is 1. The average molecular weight is 251 g/mol. The summed E-state index contributed by atoms with van der Waals surface area (Å²) in [6, 6.07) is 13.1. The van der Waals surface area contributed by atoms with Gasteiger partial charge in [-0.2, -0.15) is 0 Å². The molecule has 4 heteroatoms. The number of imidazole rings is 1. The third kappa shape index (κ3) is 2.33. The summed E-state index contributed by atoms with van der Waals surface area (Å²) in [5, 5.41) is 2.80. The summed E-state index contributed by atoms with van der Waals surface area (Å²) >= 11 is 0. The number of nitrogens with zero attached hydrogens (tertiary/aromatic N) is 2. The Bertz CT molecular complexity index is 731. The minimum Gasteiger partial charge on any atom is -0.305 e. The summed E-state index contributed by atoms with van der Waals surface area (Å²) in [4.78, 5) is 16.4. The fourth-order valence-electron chi connectivity index (χ4n) is 1.92. The van der Waals surface area contributed by atoms with Gasteiger partial charge in [-0.1, -0.05) is 18.2 Å². The maximum Gasteiger partial charge on any atom is 0.256 e. The zero-order valence-electron chi connectivity index (χ0n) is 10.5. The normalized spacial score (nSPS) is 10.6. The van der Waals surface area contributed by atoms with Gasteiger partial charge in [0.25, 0.3) is 5.91 Å². The van der Waals surface area contributed by atoms with E-state index in [0.717, 1.165) is 11.2 Å². The molecular formula is C15H13N3O. The van der Waals surface area contributed by atoms with Crippen molar-refractivity contribution in [2.45, 2.75) is 6.92 Å². The van der Waals surface area contributed by atoms with Gasteiger partial charge in [0.05, 0.1) is 6.20 Å². The summed E-state index contributed by atoms with van der Waals surface area (Å²) in [5.41, 5.74) is 2.58. The third-order valence-corrected chi connectivity index (χ3v) is 2.89. The zero-order chi connectivity index (χ0) is 13.2. The number of aryl methyl sites for hydroxylation is 1. The lowest BCUT2D eigenvalue weighted by Gasteiger charge is -2.00. The molecule has 0 unspecified atom stereocenters. The van der Waals surface area contributed by atoms with Crippen LogP contribution in [0.1, 0.15) is 15.9 Å². The highest BCUT2D eigenvalue weighted by Crippen LogP contribution is 2.12. The van der Waals surface area contributed by atoms with Gasteiger partial charge in [-0.25, -0.2) is 4.98 Å². The fourth-order valence-corrected chi connectivity index (χ4v) is 1.92. The van der Waals surface area contributed by atoms with Crippen LogP contribution in [0.4, 0.5) is 5.82 Å². The van der Waals surface area contributed by atoms with Crippen molar-refractivity contribution in [1.82, 2.24) is 9.38 Å². The number of hydrogen-bond acceptors (Lipinski definition) is 2. The van der Waals surface area contributed by atoms with Gasteiger partial charge in [0.2, 0.25) is 0 Å². The summed E-state index contributed by atoms with van der Waals surface area (Å²) in [5.74, 6) is 0.403. The average Bonchev–Trinajstić information content (AvgIpc) is 2.81. The lowest BCUT2D eigenvalue weighted by atomic mass is 10.2. The highest BCUT2D eigenvalue weighted by atomic mass is 16.1. The molecule has 94 valence electrons. The molecule has 19 heavy (non-hydrogen) atoms. The number of benzene rings is 1. The number of pyridine rings is 1. The number of anilines is 1. The van der Waals surface area contributed by atoms with E-state index in [1.807, 2.05) is 47.9 Å². The van der Waals surface area contributed by atoms with Crippen LogP contribution in [0.25, 0.3) is 5.65 Å². The van der Waals surface area contributed by atoms with E-state index in [9.17, 15) is 4.79 Å². The van der Waals surface area contributed by atoms with Crippen LogP contribution in [-0.2, 0) is 0 Å². The lowest BCUT2D eigenvalue weighted by molar-refractivity contribution is 0.102. The van der Waals surface area contributed by atoms with E-state index in [-0.39, 0.29) is 5.91 Å². The minimum absolute atomic E-state index is 0.152. The maximum absolute atomic E-state index is 12.0. The SMILES string of the molecule is Cc1ccn2cc(NC(=O)c3ccccc3)nc2c1. The predicted octanol–water partition coefficient (Wildman–Crippen LogP) is 2.90. The Morgan fingerprint density at radius 1 is 1.21 bits per heavy atom. The second-order valence-corrected chi connectivity index (χ2v) is 4.42. The molecule has 0 fully saturated rings. The molecule has 0 atom stereocenters. The van der Waals surface area contributed by atoms with Gasteiger partial charge in [0, 0.05) is 11.8 Å². The highest BCUT2D eigenvalue weighted by molar-refractivity contribution is 6.03. The molecule has 0 bridgehead atoms. The largest absolute Gasteiger partial charge is 0.305 e. The molecule has 3 rings (SSSR count). The van der Waals surface area contributed by atoms with Crippen molar-refractivity contribution >= 4 is 17.4 Å². The number of nitrogens with one attached hydrogen (secondary N) is 1. The van der Waals surface area contributed by atoms with Crippen molar-refractivity contribution in [1.29, 1.82) is 0 Å². The topological polar surface area (TPSA) is 46.4 Å². The van der Waals surface area contributed by atoms with Crippen LogP contribution < -0.4 is 5.32 Å². The first-order valence-electron chi connectivity index (χ1n) is 6.04. The Morgan fingerprint density at radius 2 is 2.00 bits per heavy atom. The van der Waals surface area contributed by atoms with Gasteiger partial charge in [-0.15, -0.1) is 0 Å². The smallest absolute Gasteiger partial charge is 0.256 e. The second kappa shape index (κ2) is 4.57.